The Morgan fingerprint density at radius 3 is 2.78 bits per heavy atom. The van der Waals surface area contributed by atoms with Gasteiger partial charge in [0.1, 0.15) is 10.7 Å². The van der Waals surface area contributed by atoms with Crippen LogP contribution in [0.5, 0.6) is 0 Å². The number of ketones is 1. The molecule has 2 aliphatic heterocycles. The van der Waals surface area contributed by atoms with Crippen molar-refractivity contribution in [3.8, 4) is 0 Å². The number of allylic oxidation sites excluding steroid dienone is 1. The van der Waals surface area contributed by atoms with Gasteiger partial charge in [0.15, 0.2) is 15.6 Å². The second-order valence-electron chi connectivity index (χ2n) is 7.10. The largest absolute Gasteiger partial charge is 0.417 e. The summed E-state index contributed by atoms with van der Waals surface area (Å²) in [7, 11) is -3.84. The smallest absolute Gasteiger partial charge is 0.353 e. The summed E-state index contributed by atoms with van der Waals surface area (Å²) in [4.78, 5) is 16.8. The molecule has 0 radical (unpaired) electrons. The van der Waals surface area contributed by atoms with Gasteiger partial charge < -0.3 is 4.90 Å². The number of rotatable bonds is 4. The van der Waals surface area contributed by atoms with Crippen LogP contribution in [-0.4, -0.2) is 37.5 Å². The van der Waals surface area contributed by atoms with Crippen molar-refractivity contribution < 1.29 is 26.4 Å². The van der Waals surface area contributed by atoms with Crippen molar-refractivity contribution in [1.82, 2.24) is 4.98 Å². The van der Waals surface area contributed by atoms with Crippen molar-refractivity contribution >= 4 is 21.4 Å². The van der Waals surface area contributed by atoms with Crippen LogP contribution in [0.1, 0.15) is 37.7 Å². The van der Waals surface area contributed by atoms with Crippen LogP contribution in [0.15, 0.2) is 29.8 Å². The molecule has 1 unspecified atom stereocenters. The zero-order valence-corrected chi connectivity index (χ0v) is 15.5. The predicted octanol–water partition coefficient (Wildman–Crippen LogP) is 3.40. The summed E-state index contributed by atoms with van der Waals surface area (Å²) in [6.07, 6.45) is 0.237. The van der Waals surface area contributed by atoms with E-state index in [9.17, 15) is 26.4 Å². The zero-order chi connectivity index (χ0) is 19.8. The molecule has 148 valence electrons. The third-order valence-electron chi connectivity index (χ3n) is 5.34. The number of hydrogen-bond acceptors (Lipinski definition) is 5. The first-order valence-corrected chi connectivity index (χ1v) is 10.5. The van der Waals surface area contributed by atoms with Crippen LogP contribution < -0.4 is 4.90 Å². The Hall–Kier alpha value is -1.90. The maximum absolute atomic E-state index is 13.0. The van der Waals surface area contributed by atoms with Gasteiger partial charge in [-0.1, -0.05) is 6.58 Å². The normalized spacial score (nSPS) is 24.5. The molecule has 3 rings (SSSR count). The van der Waals surface area contributed by atoms with Crippen molar-refractivity contribution in [1.29, 1.82) is 0 Å². The lowest BCUT2D eigenvalue weighted by Crippen LogP contribution is -2.43. The van der Waals surface area contributed by atoms with Crippen molar-refractivity contribution in [2.75, 3.05) is 17.2 Å². The maximum Gasteiger partial charge on any atom is 0.417 e. The highest BCUT2D eigenvalue weighted by atomic mass is 32.2. The standard InChI is InChI=1S/C18H21F3N2O3S/c1-2-15(24)4-3-12-5-7-23-14(9-12)6-8-27(25,26)16-10-13(18(19,20)21)11-22-17(16)23/h2,10-12,14H,1,3-9H2/t12?,14-/m0/s1. The molecule has 3 heterocycles. The third kappa shape index (κ3) is 4.17. The van der Waals surface area contributed by atoms with E-state index in [0.717, 1.165) is 6.42 Å². The molecule has 0 N–H and O–H groups in total. The monoisotopic (exact) mass is 402 g/mol. The fraction of sp³-hybridized carbons (Fsp3) is 0.556. The summed E-state index contributed by atoms with van der Waals surface area (Å²) >= 11 is 0. The zero-order valence-electron chi connectivity index (χ0n) is 14.7. The van der Waals surface area contributed by atoms with Gasteiger partial charge in [-0.3, -0.25) is 4.79 Å². The minimum absolute atomic E-state index is 0.0208. The van der Waals surface area contributed by atoms with E-state index in [1.165, 1.54) is 6.08 Å². The van der Waals surface area contributed by atoms with Crippen LogP contribution in [0.2, 0.25) is 0 Å². The van der Waals surface area contributed by atoms with E-state index in [4.69, 9.17) is 0 Å². The second kappa shape index (κ2) is 7.26. The van der Waals surface area contributed by atoms with Crippen LogP contribution >= 0.6 is 0 Å². The van der Waals surface area contributed by atoms with Crippen molar-refractivity contribution in [3.63, 3.8) is 0 Å². The number of anilines is 1. The minimum atomic E-state index is -4.64. The van der Waals surface area contributed by atoms with Crippen LogP contribution in [0, 0.1) is 5.92 Å². The number of alkyl halides is 3. The Labute approximate surface area is 156 Å². The van der Waals surface area contributed by atoms with E-state index >= 15 is 0 Å². The molecule has 0 aromatic carbocycles. The van der Waals surface area contributed by atoms with Crippen molar-refractivity contribution in [3.05, 3.63) is 30.5 Å². The highest BCUT2D eigenvalue weighted by molar-refractivity contribution is 7.91. The fourth-order valence-corrected chi connectivity index (χ4v) is 5.39. The molecule has 1 aromatic rings. The quantitative estimate of drug-likeness (QED) is 0.722. The summed E-state index contributed by atoms with van der Waals surface area (Å²) in [6, 6.07) is 0.595. The number of aromatic nitrogens is 1. The highest BCUT2D eigenvalue weighted by Gasteiger charge is 2.39. The number of carbonyl (C=O) groups is 1. The first-order chi connectivity index (χ1) is 12.6. The average Bonchev–Trinajstić information content (AvgIpc) is 2.73. The van der Waals surface area contributed by atoms with Gasteiger partial charge in [0.2, 0.25) is 0 Å². The third-order valence-corrected chi connectivity index (χ3v) is 7.08. The van der Waals surface area contributed by atoms with Gasteiger partial charge in [-0.05, 0) is 43.7 Å². The molecule has 0 saturated carbocycles. The molecule has 27 heavy (non-hydrogen) atoms. The van der Waals surface area contributed by atoms with Gasteiger partial charge in [0.05, 0.1) is 11.3 Å². The SMILES string of the molecule is C=CC(=O)CCC1CCN2c3ncc(C(F)(F)F)cc3S(=O)(=O)CC[C@H]2C1. The van der Waals surface area contributed by atoms with E-state index in [0.29, 0.717) is 44.5 Å². The molecular formula is C18H21F3N2O3S. The highest BCUT2D eigenvalue weighted by Crippen LogP contribution is 2.40. The van der Waals surface area contributed by atoms with Crippen LogP contribution in [-0.2, 0) is 20.8 Å². The maximum atomic E-state index is 13.0. The number of nitrogens with zero attached hydrogens (tertiary/aromatic N) is 2. The molecule has 9 heteroatoms. The van der Waals surface area contributed by atoms with Gasteiger partial charge in [-0.2, -0.15) is 13.2 Å². The Kier molecular flexibility index (Phi) is 5.33. The van der Waals surface area contributed by atoms with E-state index in [1.807, 2.05) is 4.90 Å². The van der Waals surface area contributed by atoms with Gasteiger partial charge in [0, 0.05) is 25.2 Å². The number of carbonyl (C=O) groups excluding carboxylic acids is 1. The molecule has 0 spiro atoms. The topological polar surface area (TPSA) is 67.3 Å². The van der Waals surface area contributed by atoms with Crippen molar-refractivity contribution in [2.24, 2.45) is 5.92 Å². The van der Waals surface area contributed by atoms with E-state index in [1.54, 1.807) is 0 Å². The molecule has 1 saturated heterocycles. The summed E-state index contributed by atoms with van der Waals surface area (Å²) in [5.74, 6) is 0.162. The van der Waals surface area contributed by atoms with Crippen LogP contribution in [0.4, 0.5) is 19.0 Å². The van der Waals surface area contributed by atoms with Gasteiger partial charge >= 0.3 is 6.18 Å². The summed E-state index contributed by atoms with van der Waals surface area (Å²) in [5.41, 5.74) is -1.05. The summed E-state index contributed by atoms with van der Waals surface area (Å²) in [6.45, 7) is 3.97. The van der Waals surface area contributed by atoms with Crippen molar-refractivity contribution in [2.45, 2.75) is 49.2 Å². The average molecular weight is 402 g/mol. The predicted molar refractivity (Wildman–Crippen MR) is 94.2 cm³/mol. The molecular weight excluding hydrogens is 381 g/mol. The number of fused-ring (bicyclic) bond motifs is 3. The van der Waals surface area contributed by atoms with Gasteiger partial charge in [-0.25, -0.2) is 13.4 Å². The summed E-state index contributed by atoms with van der Waals surface area (Å²) < 4.78 is 64.1. The van der Waals surface area contributed by atoms with Crippen LogP contribution in [0.25, 0.3) is 0 Å². The summed E-state index contributed by atoms with van der Waals surface area (Å²) in [5, 5.41) is 0. The Balaban J connectivity index is 1.87. The number of halogens is 3. The number of sulfone groups is 1. The van der Waals surface area contributed by atoms with E-state index < -0.39 is 21.6 Å². The van der Waals surface area contributed by atoms with Gasteiger partial charge in [-0.15, -0.1) is 0 Å². The molecule has 2 aliphatic rings. The second-order valence-corrected chi connectivity index (χ2v) is 9.18. The Morgan fingerprint density at radius 2 is 2.11 bits per heavy atom. The van der Waals surface area contributed by atoms with E-state index in [-0.39, 0.29) is 34.2 Å². The lowest BCUT2D eigenvalue weighted by Gasteiger charge is -2.39. The first-order valence-electron chi connectivity index (χ1n) is 8.83. The van der Waals surface area contributed by atoms with Crippen LogP contribution in [0.3, 0.4) is 0 Å². The molecule has 5 nitrogen and oxygen atoms in total. The Bertz CT molecular complexity index is 852. The lowest BCUT2D eigenvalue weighted by molar-refractivity contribution is -0.138. The fourth-order valence-electron chi connectivity index (χ4n) is 3.84. The number of pyridine rings is 1. The minimum Gasteiger partial charge on any atom is -0.353 e. The molecule has 0 aliphatic carbocycles. The number of piperidine rings is 1. The number of hydrogen-bond donors (Lipinski definition) is 0. The van der Waals surface area contributed by atoms with Gasteiger partial charge in [0.25, 0.3) is 0 Å². The van der Waals surface area contributed by atoms with E-state index in [2.05, 4.69) is 11.6 Å². The molecule has 0 amide bonds. The first kappa shape index (κ1) is 19.9. The lowest BCUT2D eigenvalue weighted by atomic mass is 9.86. The molecule has 0 bridgehead atoms. The molecule has 2 atom stereocenters. The molecule has 1 fully saturated rings. The molecule has 1 aromatic heterocycles. The Morgan fingerprint density at radius 1 is 1.37 bits per heavy atom.